The van der Waals surface area contributed by atoms with E-state index in [9.17, 15) is 0 Å². The molecule has 3 heterocycles. The van der Waals surface area contributed by atoms with Gasteiger partial charge in [0.1, 0.15) is 0 Å². The Bertz CT molecular complexity index is 688. The molecule has 3 nitrogen and oxygen atoms in total. The van der Waals surface area contributed by atoms with Crippen LogP contribution in [0.1, 0.15) is 5.69 Å². The first-order chi connectivity index (χ1) is 7.27. The zero-order valence-electron chi connectivity index (χ0n) is 8.36. The van der Waals surface area contributed by atoms with Gasteiger partial charge in [0.2, 0.25) is 0 Å². The second-order valence-electron chi connectivity index (χ2n) is 3.59. The molecule has 0 unspecified atom stereocenters. The normalized spacial score (nSPS) is 11.3. The summed E-state index contributed by atoms with van der Waals surface area (Å²) in [5.74, 6) is 0. The number of nitrogens with zero attached hydrogens (tertiary/aromatic N) is 3. The fraction of sp³-hybridized carbons (Fsp3) is 0.0833. The zero-order chi connectivity index (χ0) is 10.4. The monoisotopic (exact) mass is 195 g/mol. The average Bonchev–Trinajstić information content (AvgIpc) is 2.25. The lowest BCUT2D eigenvalue weighted by atomic mass is 10.1. The van der Waals surface area contributed by atoms with Crippen molar-refractivity contribution in [3.63, 3.8) is 0 Å². The molecule has 0 N–H and O–H groups in total. The van der Waals surface area contributed by atoms with Gasteiger partial charge in [-0.3, -0.25) is 15.0 Å². The molecule has 0 aliphatic rings. The van der Waals surface area contributed by atoms with Crippen LogP contribution in [-0.2, 0) is 0 Å². The third-order valence-corrected chi connectivity index (χ3v) is 2.63. The molecular formula is C12H9N3. The number of hydrogen-bond acceptors (Lipinski definition) is 3. The molecule has 0 saturated carbocycles. The topological polar surface area (TPSA) is 38.7 Å². The maximum atomic E-state index is 4.34. The van der Waals surface area contributed by atoms with Crippen molar-refractivity contribution in [2.24, 2.45) is 0 Å². The average molecular weight is 195 g/mol. The molecule has 0 bridgehead atoms. The van der Waals surface area contributed by atoms with Gasteiger partial charge in [-0.1, -0.05) is 6.58 Å². The second-order valence-corrected chi connectivity index (χ2v) is 3.59. The van der Waals surface area contributed by atoms with Crippen LogP contribution in [-0.4, -0.2) is 15.0 Å². The highest BCUT2D eigenvalue weighted by molar-refractivity contribution is 6.07. The molecule has 72 valence electrons. The minimum atomic E-state index is 0.881. The molecule has 0 saturated heterocycles. The van der Waals surface area contributed by atoms with Crippen molar-refractivity contribution in [2.45, 2.75) is 6.92 Å². The third-order valence-electron chi connectivity index (χ3n) is 2.63. The van der Waals surface area contributed by atoms with E-state index in [1.165, 1.54) is 0 Å². The van der Waals surface area contributed by atoms with E-state index in [-0.39, 0.29) is 0 Å². The second kappa shape index (κ2) is 2.73. The van der Waals surface area contributed by atoms with Crippen LogP contribution in [0.4, 0.5) is 0 Å². The summed E-state index contributed by atoms with van der Waals surface area (Å²) in [6, 6.07) is 1.91. The summed E-state index contributed by atoms with van der Waals surface area (Å²) in [5.41, 5.74) is 2.81. The van der Waals surface area contributed by atoms with Crippen LogP contribution in [0.15, 0.2) is 24.7 Å². The van der Waals surface area contributed by atoms with Gasteiger partial charge in [-0.2, -0.15) is 0 Å². The molecule has 3 rings (SSSR count). The highest BCUT2D eigenvalue weighted by Gasteiger charge is 2.07. The Hall–Kier alpha value is -2.03. The molecule has 0 atom stereocenters. The van der Waals surface area contributed by atoms with Crippen LogP contribution >= 0.6 is 0 Å². The fourth-order valence-corrected chi connectivity index (χ4v) is 1.94. The fourth-order valence-electron chi connectivity index (χ4n) is 1.94. The van der Waals surface area contributed by atoms with Crippen LogP contribution in [0.25, 0.3) is 28.4 Å². The first kappa shape index (κ1) is 8.29. The third kappa shape index (κ3) is 1.03. The number of hydrogen-bond donors (Lipinski definition) is 0. The van der Waals surface area contributed by atoms with E-state index in [1.807, 2.05) is 13.0 Å². The van der Waals surface area contributed by atoms with Gasteiger partial charge < -0.3 is 0 Å². The Labute approximate surface area is 86.5 Å². The van der Waals surface area contributed by atoms with Gasteiger partial charge >= 0.3 is 0 Å². The Kier molecular flexibility index (Phi) is 1.51. The smallest absolute Gasteiger partial charge is 0.0913 e. The molecule has 0 amide bonds. The van der Waals surface area contributed by atoms with E-state index in [0.29, 0.717) is 0 Å². The quantitative estimate of drug-likeness (QED) is 0.547. The van der Waals surface area contributed by atoms with Crippen molar-refractivity contribution in [2.75, 3.05) is 0 Å². The van der Waals surface area contributed by atoms with Gasteiger partial charge in [0.05, 0.1) is 17.2 Å². The van der Waals surface area contributed by atoms with Gasteiger partial charge in [-0.05, 0) is 18.2 Å². The van der Waals surface area contributed by atoms with Gasteiger partial charge in [-0.15, -0.1) is 0 Å². The van der Waals surface area contributed by atoms with E-state index in [4.69, 9.17) is 0 Å². The van der Waals surface area contributed by atoms with E-state index >= 15 is 0 Å². The Balaban J connectivity index is 2.79. The maximum absolute atomic E-state index is 4.34. The lowest BCUT2D eigenvalue weighted by Crippen LogP contribution is -2.05. The van der Waals surface area contributed by atoms with Crippen molar-refractivity contribution in [1.82, 2.24) is 15.0 Å². The van der Waals surface area contributed by atoms with Gasteiger partial charge in [0.15, 0.2) is 0 Å². The Morgan fingerprint density at radius 3 is 2.73 bits per heavy atom. The molecule has 0 aliphatic carbocycles. The molecule has 0 radical (unpaired) electrons. The largest absolute Gasteiger partial charge is 0.259 e. The van der Waals surface area contributed by atoms with E-state index in [0.717, 1.165) is 32.7 Å². The van der Waals surface area contributed by atoms with Crippen molar-refractivity contribution in [1.29, 1.82) is 0 Å². The predicted octanol–water partition coefficient (Wildman–Crippen LogP) is 1.62. The van der Waals surface area contributed by atoms with Crippen LogP contribution in [0, 0.1) is 6.92 Å². The molecular weight excluding hydrogens is 186 g/mol. The molecule has 0 aromatic carbocycles. The van der Waals surface area contributed by atoms with Crippen LogP contribution < -0.4 is 5.22 Å². The lowest BCUT2D eigenvalue weighted by Gasteiger charge is -2.05. The minimum absolute atomic E-state index is 0.881. The summed E-state index contributed by atoms with van der Waals surface area (Å²) in [6.07, 6.45) is 5.32. The molecule has 0 fully saturated rings. The van der Waals surface area contributed by atoms with Crippen molar-refractivity contribution in [3.05, 3.63) is 35.6 Å². The van der Waals surface area contributed by atoms with Crippen molar-refractivity contribution >= 4 is 28.4 Å². The van der Waals surface area contributed by atoms with E-state index in [2.05, 4.69) is 21.5 Å². The van der Waals surface area contributed by atoms with Crippen molar-refractivity contribution < 1.29 is 0 Å². The number of aryl methyl sites for hydroxylation is 1. The highest BCUT2D eigenvalue weighted by Crippen LogP contribution is 2.21. The van der Waals surface area contributed by atoms with Gasteiger partial charge in [0, 0.05) is 28.9 Å². The first-order valence-electron chi connectivity index (χ1n) is 4.75. The first-order valence-corrected chi connectivity index (χ1v) is 4.75. The summed E-state index contributed by atoms with van der Waals surface area (Å²) < 4.78 is 0. The number of rotatable bonds is 0. The molecule has 15 heavy (non-hydrogen) atoms. The molecule has 3 aromatic rings. The summed E-state index contributed by atoms with van der Waals surface area (Å²) in [5, 5.41) is 3.05. The van der Waals surface area contributed by atoms with Gasteiger partial charge in [-0.25, -0.2) is 0 Å². The van der Waals surface area contributed by atoms with Crippen molar-refractivity contribution in [3.8, 4) is 0 Å². The van der Waals surface area contributed by atoms with Gasteiger partial charge in [0.25, 0.3) is 0 Å². The molecule has 0 spiro atoms. The molecule has 3 aromatic heterocycles. The highest BCUT2D eigenvalue weighted by atomic mass is 14.8. The predicted molar refractivity (Wildman–Crippen MR) is 60.3 cm³/mol. The van der Waals surface area contributed by atoms with Crippen LogP contribution in [0.3, 0.4) is 0 Å². The summed E-state index contributed by atoms with van der Waals surface area (Å²) >= 11 is 0. The molecule has 0 aliphatic heterocycles. The maximum Gasteiger partial charge on any atom is 0.0913 e. The van der Waals surface area contributed by atoms with E-state index in [1.54, 1.807) is 18.6 Å². The summed E-state index contributed by atoms with van der Waals surface area (Å²) in [6.45, 7) is 5.96. The summed E-state index contributed by atoms with van der Waals surface area (Å²) in [4.78, 5) is 12.9. The number of aromatic nitrogens is 3. The Morgan fingerprint density at radius 1 is 1.00 bits per heavy atom. The minimum Gasteiger partial charge on any atom is -0.259 e. The Morgan fingerprint density at radius 2 is 1.87 bits per heavy atom. The summed E-state index contributed by atoms with van der Waals surface area (Å²) in [7, 11) is 0. The lowest BCUT2D eigenvalue weighted by molar-refractivity contribution is 1.22. The number of pyridine rings is 3. The van der Waals surface area contributed by atoms with Crippen LogP contribution in [0.5, 0.6) is 0 Å². The zero-order valence-corrected chi connectivity index (χ0v) is 8.36. The SMILES string of the molecule is C=c1cnc2ccnc3cnc(C)c1c23. The standard InChI is InChI=1S/C12H9N3/c1-7-5-15-9-3-4-13-10-6-14-8(2)11(7)12(9)10/h3-6H,1H2,2H3. The molecule has 3 heteroatoms. The van der Waals surface area contributed by atoms with Crippen LogP contribution in [0.2, 0.25) is 0 Å². The van der Waals surface area contributed by atoms with E-state index < -0.39 is 0 Å².